The maximum atomic E-state index is 12.7. The predicted molar refractivity (Wildman–Crippen MR) is 104 cm³/mol. The normalized spacial score (nSPS) is 20.3. The molecular formula is C18H24Cl2N2O3S. The number of sulfonamides is 1. The smallest absolute Gasteiger partial charge is 0.225 e. The summed E-state index contributed by atoms with van der Waals surface area (Å²) in [6, 6.07) is 4.84. The Morgan fingerprint density at radius 3 is 2.31 bits per heavy atom. The highest BCUT2D eigenvalue weighted by Crippen LogP contribution is 2.27. The maximum absolute atomic E-state index is 12.7. The number of nitrogens with zero attached hydrogens (tertiary/aromatic N) is 2. The minimum absolute atomic E-state index is 0.0568. The summed E-state index contributed by atoms with van der Waals surface area (Å²) in [5, 5.41) is 0.837. The Kier molecular flexibility index (Phi) is 6.49. The third kappa shape index (κ3) is 4.71. The number of hydrogen-bond acceptors (Lipinski definition) is 3. The quantitative estimate of drug-likeness (QED) is 0.750. The molecule has 2 heterocycles. The van der Waals surface area contributed by atoms with Crippen LogP contribution in [0.5, 0.6) is 0 Å². The topological polar surface area (TPSA) is 57.7 Å². The van der Waals surface area contributed by atoms with Gasteiger partial charge in [0.25, 0.3) is 0 Å². The Hall–Kier alpha value is -0.820. The molecule has 2 fully saturated rings. The van der Waals surface area contributed by atoms with Gasteiger partial charge in [0.1, 0.15) is 0 Å². The van der Waals surface area contributed by atoms with Crippen LogP contribution in [-0.2, 0) is 20.6 Å². The van der Waals surface area contributed by atoms with E-state index < -0.39 is 10.0 Å². The number of likely N-dealkylation sites (tertiary alicyclic amines) is 1. The molecule has 0 bridgehead atoms. The first-order valence-electron chi connectivity index (χ1n) is 9.07. The molecule has 144 valence electrons. The number of rotatable bonds is 4. The maximum Gasteiger partial charge on any atom is 0.225 e. The highest BCUT2D eigenvalue weighted by atomic mass is 35.5. The zero-order valence-corrected chi connectivity index (χ0v) is 17.0. The fourth-order valence-corrected chi connectivity index (χ4v) is 5.83. The Balaban J connectivity index is 1.58. The molecule has 0 aromatic heterocycles. The van der Waals surface area contributed by atoms with Gasteiger partial charge in [0.15, 0.2) is 0 Å². The minimum Gasteiger partial charge on any atom is -0.342 e. The van der Waals surface area contributed by atoms with Gasteiger partial charge in [-0.3, -0.25) is 4.79 Å². The third-order valence-corrected chi connectivity index (χ3v) is 7.63. The third-order valence-electron chi connectivity index (χ3n) is 5.22. The van der Waals surface area contributed by atoms with Crippen molar-refractivity contribution >= 4 is 39.1 Å². The van der Waals surface area contributed by atoms with Crippen molar-refractivity contribution in [2.24, 2.45) is 5.92 Å². The van der Waals surface area contributed by atoms with E-state index in [9.17, 15) is 13.2 Å². The van der Waals surface area contributed by atoms with Crippen LogP contribution in [0.1, 0.15) is 37.7 Å². The zero-order chi connectivity index (χ0) is 18.7. The Morgan fingerprint density at radius 2 is 1.69 bits per heavy atom. The van der Waals surface area contributed by atoms with Crippen molar-refractivity contribution in [3.63, 3.8) is 0 Å². The number of amides is 1. The van der Waals surface area contributed by atoms with Gasteiger partial charge in [-0.25, -0.2) is 12.7 Å². The highest BCUT2D eigenvalue weighted by molar-refractivity contribution is 7.88. The van der Waals surface area contributed by atoms with E-state index in [4.69, 9.17) is 23.2 Å². The van der Waals surface area contributed by atoms with Gasteiger partial charge < -0.3 is 4.90 Å². The summed E-state index contributed by atoms with van der Waals surface area (Å²) in [4.78, 5) is 14.6. The fraction of sp³-hybridized carbons (Fsp3) is 0.611. The standard InChI is InChI=1S/C18H24Cl2N2O3S/c19-16-5-4-15(17(20)12-16)13-26(24,25)22-10-6-14(7-11-22)18(23)21-8-2-1-3-9-21/h4-5,12,14H,1-3,6-11,13H2. The molecule has 0 aliphatic carbocycles. The van der Waals surface area contributed by atoms with Crippen molar-refractivity contribution in [2.75, 3.05) is 26.2 Å². The largest absolute Gasteiger partial charge is 0.342 e. The first-order valence-corrected chi connectivity index (χ1v) is 11.4. The molecule has 1 aromatic rings. The summed E-state index contributed by atoms with van der Waals surface area (Å²) >= 11 is 12.0. The van der Waals surface area contributed by atoms with Crippen LogP contribution in [0.25, 0.3) is 0 Å². The van der Waals surface area contributed by atoms with Crippen LogP contribution in [0, 0.1) is 5.92 Å². The second-order valence-corrected chi connectivity index (χ2v) is 9.86. The van der Waals surface area contributed by atoms with E-state index in [1.807, 2.05) is 4.90 Å². The van der Waals surface area contributed by atoms with E-state index in [1.54, 1.807) is 18.2 Å². The summed E-state index contributed by atoms with van der Waals surface area (Å²) in [5.41, 5.74) is 0.544. The number of halogens is 2. The van der Waals surface area contributed by atoms with Crippen LogP contribution >= 0.6 is 23.2 Å². The first kappa shape index (κ1) is 19.9. The van der Waals surface area contributed by atoms with Gasteiger partial charge in [0, 0.05) is 42.1 Å². The van der Waals surface area contributed by atoms with E-state index in [1.165, 1.54) is 10.7 Å². The van der Waals surface area contributed by atoms with Gasteiger partial charge >= 0.3 is 0 Å². The fourth-order valence-electron chi connectivity index (χ4n) is 3.68. The SMILES string of the molecule is O=C(C1CCN(S(=O)(=O)Cc2ccc(Cl)cc2Cl)CC1)N1CCCCC1. The molecule has 26 heavy (non-hydrogen) atoms. The van der Waals surface area contributed by atoms with Crippen molar-refractivity contribution in [3.8, 4) is 0 Å². The van der Waals surface area contributed by atoms with Crippen LogP contribution in [0.3, 0.4) is 0 Å². The van der Waals surface area contributed by atoms with Gasteiger partial charge in [-0.15, -0.1) is 0 Å². The molecule has 3 rings (SSSR count). The van der Waals surface area contributed by atoms with E-state index in [0.717, 1.165) is 25.9 Å². The molecule has 0 saturated carbocycles. The van der Waals surface area contributed by atoms with Crippen molar-refractivity contribution in [3.05, 3.63) is 33.8 Å². The molecular weight excluding hydrogens is 395 g/mol. The van der Waals surface area contributed by atoms with E-state index >= 15 is 0 Å². The van der Waals surface area contributed by atoms with Crippen LogP contribution in [-0.4, -0.2) is 49.7 Å². The summed E-state index contributed by atoms with van der Waals surface area (Å²) < 4.78 is 26.9. The highest BCUT2D eigenvalue weighted by Gasteiger charge is 2.33. The summed E-state index contributed by atoms with van der Waals surface area (Å²) in [7, 11) is -3.46. The number of benzene rings is 1. The Morgan fingerprint density at radius 1 is 1.04 bits per heavy atom. The zero-order valence-electron chi connectivity index (χ0n) is 14.7. The monoisotopic (exact) mass is 418 g/mol. The predicted octanol–water partition coefficient (Wildman–Crippen LogP) is 3.55. The number of piperidine rings is 2. The Bertz CT molecular complexity index is 756. The average Bonchev–Trinajstić information content (AvgIpc) is 2.64. The van der Waals surface area contributed by atoms with Crippen LogP contribution < -0.4 is 0 Å². The van der Waals surface area contributed by atoms with Gasteiger partial charge in [0.05, 0.1) is 5.75 Å². The van der Waals surface area contributed by atoms with Crippen LogP contribution in [0.15, 0.2) is 18.2 Å². The summed E-state index contributed by atoms with van der Waals surface area (Å²) in [6.45, 7) is 2.45. The van der Waals surface area contributed by atoms with E-state index in [0.29, 0.717) is 41.5 Å². The van der Waals surface area contributed by atoms with Gasteiger partial charge in [-0.05, 0) is 49.8 Å². The first-order chi connectivity index (χ1) is 12.4. The molecule has 8 heteroatoms. The van der Waals surface area contributed by atoms with Crippen LogP contribution in [0.4, 0.5) is 0 Å². The van der Waals surface area contributed by atoms with Crippen LogP contribution in [0.2, 0.25) is 10.0 Å². The number of carbonyl (C=O) groups is 1. The molecule has 5 nitrogen and oxygen atoms in total. The average molecular weight is 419 g/mol. The van der Waals surface area contributed by atoms with Crippen molar-refractivity contribution in [2.45, 2.75) is 37.9 Å². The molecule has 0 radical (unpaired) electrons. The van der Waals surface area contributed by atoms with Crippen molar-refractivity contribution in [1.29, 1.82) is 0 Å². The van der Waals surface area contributed by atoms with Gasteiger partial charge in [0.2, 0.25) is 15.9 Å². The molecule has 2 aliphatic rings. The molecule has 0 atom stereocenters. The molecule has 2 saturated heterocycles. The summed E-state index contributed by atoms with van der Waals surface area (Å²) in [6.07, 6.45) is 4.50. The summed E-state index contributed by atoms with van der Waals surface area (Å²) in [5.74, 6) is -0.00513. The minimum atomic E-state index is -3.46. The lowest BCUT2D eigenvalue weighted by atomic mass is 9.95. The van der Waals surface area contributed by atoms with Gasteiger partial charge in [-0.2, -0.15) is 0 Å². The second kappa shape index (κ2) is 8.46. The second-order valence-electron chi connectivity index (χ2n) is 7.05. The molecule has 1 amide bonds. The van der Waals surface area contributed by atoms with E-state index in [-0.39, 0.29) is 17.6 Å². The lowest BCUT2D eigenvalue weighted by Crippen LogP contribution is -2.45. The van der Waals surface area contributed by atoms with Crippen molar-refractivity contribution in [1.82, 2.24) is 9.21 Å². The van der Waals surface area contributed by atoms with E-state index in [2.05, 4.69) is 0 Å². The lowest BCUT2D eigenvalue weighted by Gasteiger charge is -2.35. The van der Waals surface area contributed by atoms with Crippen molar-refractivity contribution < 1.29 is 13.2 Å². The number of hydrogen-bond donors (Lipinski definition) is 0. The molecule has 0 spiro atoms. The van der Waals surface area contributed by atoms with Gasteiger partial charge in [-0.1, -0.05) is 29.3 Å². The molecule has 2 aliphatic heterocycles. The molecule has 1 aromatic carbocycles. The lowest BCUT2D eigenvalue weighted by molar-refractivity contribution is -0.137. The number of carbonyl (C=O) groups excluding carboxylic acids is 1. The molecule has 0 N–H and O–H groups in total. The molecule has 0 unspecified atom stereocenters. The Labute approximate surface area is 165 Å².